The third-order valence-electron chi connectivity index (χ3n) is 8.95. The summed E-state index contributed by atoms with van der Waals surface area (Å²) in [4.78, 5) is 35.0. The van der Waals surface area contributed by atoms with Gasteiger partial charge in [0.2, 0.25) is 0 Å². The lowest BCUT2D eigenvalue weighted by Gasteiger charge is -2.19. The van der Waals surface area contributed by atoms with Crippen LogP contribution in [0.2, 0.25) is 0 Å². The number of ether oxygens (including phenoxy) is 2. The van der Waals surface area contributed by atoms with Crippen LogP contribution >= 0.6 is 7.82 Å². The number of carbonyl (C=O) groups excluding carboxylic acids is 2. The van der Waals surface area contributed by atoms with Crippen molar-refractivity contribution in [3.05, 3.63) is 95.6 Å². The van der Waals surface area contributed by atoms with Crippen molar-refractivity contribution in [2.24, 2.45) is 5.73 Å². The van der Waals surface area contributed by atoms with Crippen molar-refractivity contribution in [1.29, 1.82) is 0 Å². The molecule has 4 atom stereocenters. The average Bonchev–Trinajstić information content (AvgIpc) is 3.46. The number of aliphatic hydroxyl groups is 2. The Balaban J connectivity index is 2.39. The molecular weight excluding hydrogens is 761 g/mol. The van der Waals surface area contributed by atoms with Gasteiger partial charge in [-0.3, -0.25) is 18.6 Å². The first-order valence-corrected chi connectivity index (χ1v) is 22.5. The van der Waals surface area contributed by atoms with Crippen molar-refractivity contribution in [2.45, 2.75) is 149 Å². The number of phosphoric ester groups is 1. The molecule has 0 aliphatic rings. The molecule has 0 aliphatic heterocycles. The molecule has 0 aliphatic carbocycles. The molecule has 1 unspecified atom stereocenters. The normalized spacial score (nSPS) is 15.1. The molecule has 0 bridgehead atoms. The molecule has 0 aromatic carbocycles. The van der Waals surface area contributed by atoms with Crippen LogP contribution in [0.15, 0.2) is 77.3 Å². The first-order valence-electron chi connectivity index (χ1n) is 21.0. The van der Waals surface area contributed by atoms with Gasteiger partial charge in [0.25, 0.3) is 0 Å². The smallest absolute Gasteiger partial charge is 0.466 e. The van der Waals surface area contributed by atoms with E-state index in [9.17, 15) is 29.3 Å². The van der Waals surface area contributed by atoms with Gasteiger partial charge in [-0.2, -0.15) is 0 Å². The van der Waals surface area contributed by atoms with E-state index in [2.05, 4.69) is 27.7 Å². The van der Waals surface area contributed by atoms with Gasteiger partial charge in [0.1, 0.15) is 18.1 Å². The van der Waals surface area contributed by atoms with Gasteiger partial charge in [0.05, 0.1) is 25.4 Å². The van der Waals surface area contributed by atoms with Gasteiger partial charge in [-0.15, -0.1) is 0 Å². The highest BCUT2D eigenvalue weighted by Crippen LogP contribution is 2.43. The summed E-state index contributed by atoms with van der Waals surface area (Å²) < 4.78 is 38.7. The number of phosphoric acid groups is 1. The van der Waals surface area contributed by atoms with Crippen LogP contribution in [0.25, 0.3) is 0 Å². The van der Waals surface area contributed by atoms with Crippen LogP contribution in [0, 0.1) is 13.8 Å². The minimum Gasteiger partial charge on any atom is -0.466 e. The maximum Gasteiger partial charge on any atom is 0.472 e. The van der Waals surface area contributed by atoms with Crippen molar-refractivity contribution < 1.29 is 52.2 Å². The molecule has 328 valence electrons. The number of aliphatic hydroxyl groups excluding tert-OH is 2. The zero-order valence-corrected chi connectivity index (χ0v) is 36.3. The number of esters is 2. The fraction of sp³-hybridized carbons (Fsp3) is 0.600. The topological polar surface area (TPSA) is 188 Å². The summed E-state index contributed by atoms with van der Waals surface area (Å²) in [5.41, 5.74) is 7.87. The predicted molar refractivity (Wildman–Crippen MR) is 230 cm³/mol. The van der Waals surface area contributed by atoms with Crippen LogP contribution in [-0.4, -0.2) is 71.7 Å². The number of rotatable bonds is 34. The van der Waals surface area contributed by atoms with Crippen LogP contribution in [0.3, 0.4) is 0 Å². The van der Waals surface area contributed by atoms with E-state index in [1.165, 1.54) is 11.1 Å². The van der Waals surface area contributed by atoms with E-state index in [1.54, 1.807) is 30.4 Å². The van der Waals surface area contributed by atoms with E-state index in [1.807, 2.05) is 42.5 Å². The maximum atomic E-state index is 12.6. The third-order valence-corrected chi connectivity index (χ3v) is 9.94. The molecule has 58 heavy (non-hydrogen) atoms. The number of hydrogen-bond acceptors (Lipinski definition) is 11. The van der Waals surface area contributed by atoms with E-state index < -0.39 is 44.7 Å². The van der Waals surface area contributed by atoms with Gasteiger partial charge in [0.15, 0.2) is 6.10 Å². The average molecular weight is 834 g/mol. The van der Waals surface area contributed by atoms with Crippen LogP contribution < -0.4 is 5.73 Å². The molecule has 12 nitrogen and oxygen atoms in total. The Bertz CT molecular complexity index is 1490. The van der Waals surface area contributed by atoms with E-state index in [0.717, 1.165) is 69.3 Å². The lowest BCUT2D eigenvalue weighted by atomic mass is 10.0. The number of aryl methyl sites for hydroxylation is 2. The van der Waals surface area contributed by atoms with Crippen molar-refractivity contribution in [3.63, 3.8) is 0 Å². The van der Waals surface area contributed by atoms with E-state index in [-0.39, 0.29) is 32.6 Å². The predicted octanol–water partition coefficient (Wildman–Crippen LogP) is 9.09. The Kier molecular flexibility index (Phi) is 30.4. The lowest BCUT2D eigenvalue weighted by molar-refractivity contribution is -0.161. The van der Waals surface area contributed by atoms with Gasteiger partial charge >= 0.3 is 19.8 Å². The molecule has 0 fully saturated rings. The maximum absolute atomic E-state index is 12.6. The van der Waals surface area contributed by atoms with E-state index in [4.69, 9.17) is 28.7 Å². The molecule has 1 rings (SSSR count). The summed E-state index contributed by atoms with van der Waals surface area (Å²) in [7, 11) is -4.45. The highest BCUT2D eigenvalue weighted by atomic mass is 31.2. The largest absolute Gasteiger partial charge is 0.472 e. The number of unbranched alkanes of at least 4 members (excludes halogenated alkanes) is 6. The second-order valence-electron chi connectivity index (χ2n) is 14.1. The Morgan fingerprint density at radius 3 is 2.10 bits per heavy atom. The molecule has 0 amide bonds. The number of nitrogens with two attached hydrogens (primary N) is 1. The molecule has 1 aromatic heterocycles. The quantitative estimate of drug-likeness (QED) is 0.0170. The lowest BCUT2D eigenvalue weighted by Crippen LogP contribution is -2.29. The summed E-state index contributed by atoms with van der Waals surface area (Å²) in [6, 6.07) is 0. The molecular formula is C45H72NO11P. The van der Waals surface area contributed by atoms with Crippen molar-refractivity contribution in [3.8, 4) is 0 Å². The van der Waals surface area contributed by atoms with Crippen LogP contribution in [-0.2, 0) is 45.5 Å². The summed E-state index contributed by atoms with van der Waals surface area (Å²) in [6.07, 6.45) is 31.7. The van der Waals surface area contributed by atoms with Crippen LogP contribution in [0.1, 0.15) is 126 Å². The third kappa shape index (κ3) is 27.4. The highest BCUT2D eigenvalue weighted by molar-refractivity contribution is 7.47. The molecule has 5 N–H and O–H groups in total. The van der Waals surface area contributed by atoms with E-state index in [0.29, 0.717) is 32.1 Å². The molecule has 0 spiro atoms. The number of carbonyl (C=O) groups is 2. The van der Waals surface area contributed by atoms with Gasteiger partial charge in [-0.25, -0.2) is 4.57 Å². The van der Waals surface area contributed by atoms with E-state index >= 15 is 0 Å². The molecule has 0 saturated carbocycles. The first kappa shape index (κ1) is 52.7. The summed E-state index contributed by atoms with van der Waals surface area (Å²) >= 11 is 0. The summed E-state index contributed by atoms with van der Waals surface area (Å²) in [5.74, 6) is 1.14. The second-order valence-corrected chi connectivity index (χ2v) is 15.6. The zero-order valence-electron chi connectivity index (χ0n) is 35.4. The van der Waals surface area contributed by atoms with Crippen molar-refractivity contribution in [2.75, 3.05) is 26.4 Å². The standard InChI is InChI=1S/C45H72NO11P/c1-5-7-18-26-39(47)27-19-13-9-8-10-14-20-28-40(48)29-21-17-24-31-44(49)53-35-41(36-55-58(51,52)54-34-33-46)56-45(50)32-23-16-12-11-15-22-30-43-38(4)37(3)42(57-43)25-6-2/h7,9-10,13-14,18-21,27-29,39-41,47-48H,5-6,8,11-12,15-17,22-26,30-36,46H2,1-4H3,(H,51,52)/b13-9-,14-10-,18-7-,27-19+,28-20+,29-21-/t39-,40-,41-/m1/s1. The zero-order chi connectivity index (χ0) is 42.9. The van der Waals surface area contributed by atoms with Crippen LogP contribution in [0.5, 0.6) is 0 Å². The minimum absolute atomic E-state index is 0.0119. The Morgan fingerprint density at radius 2 is 1.41 bits per heavy atom. The molecule has 0 radical (unpaired) electrons. The fourth-order valence-electron chi connectivity index (χ4n) is 5.60. The molecule has 13 heteroatoms. The van der Waals surface area contributed by atoms with Gasteiger partial charge in [-0.1, -0.05) is 112 Å². The van der Waals surface area contributed by atoms with Crippen LogP contribution in [0.4, 0.5) is 0 Å². The minimum atomic E-state index is -4.45. The number of allylic oxidation sites excluding steroid dienone is 8. The van der Waals surface area contributed by atoms with Gasteiger partial charge in [-0.05, 0) is 76.3 Å². The summed E-state index contributed by atoms with van der Waals surface area (Å²) in [6.45, 7) is 7.42. The van der Waals surface area contributed by atoms with Crippen molar-refractivity contribution in [1.82, 2.24) is 0 Å². The monoisotopic (exact) mass is 833 g/mol. The SMILES string of the molecule is CC/C=C\C[C@@H](O)/C=C/C=C\C/C=C\C=C\[C@@H](O)/C=C\CCCC(=O)OC[C@H](COP(=O)(O)OCCN)OC(=O)CCCCCCCCc1oc(CCC)c(C)c1C. The van der Waals surface area contributed by atoms with Crippen molar-refractivity contribution >= 4 is 19.8 Å². The fourth-order valence-corrected chi connectivity index (χ4v) is 6.36. The van der Waals surface area contributed by atoms with Gasteiger partial charge in [0, 0.05) is 32.2 Å². The summed E-state index contributed by atoms with van der Waals surface area (Å²) in [5, 5.41) is 20.0. The first-order chi connectivity index (χ1) is 27.9. The Labute approximate surface area is 347 Å². The number of furan rings is 1. The second kappa shape index (κ2) is 33.5. The number of hydrogen-bond donors (Lipinski definition) is 4. The van der Waals surface area contributed by atoms with Gasteiger partial charge < -0.3 is 34.7 Å². The molecule has 1 heterocycles. The molecule has 0 saturated heterocycles. The molecule has 1 aromatic rings. The Hall–Kier alpha value is -3.35. The highest BCUT2D eigenvalue weighted by Gasteiger charge is 2.26. The Morgan fingerprint density at radius 1 is 0.759 bits per heavy atom.